The van der Waals surface area contributed by atoms with Gasteiger partial charge in [0.25, 0.3) is 5.91 Å². The molecule has 0 aliphatic heterocycles. The molecular weight excluding hydrogens is 352 g/mol. The Labute approximate surface area is 154 Å². The molecule has 130 valence electrons. The van der Waals surface area contributed by atoms with E-state index >= 15 is 0 Å². The van der Waals surface area contributed by atoms with Crippen LogP contribution in [0.15, 0.2) is 23.8 Å². The molecule has 1 aliphatic carbocycles. The predicted octanol–water partition coefficient (Wildman–Crippen LogP) is 4.37. The van der Waals surface area contributed by atoms with Crippen LogP contribution in [0, 0.1) is 12.8 Å². The average molecular weight is 373 g/mol. The molecular formula is C18H20N4OS2. The lowest BCUT2D eigenvalue weighted by Gasteiger charge is -2.13. The highest BCUT2D eigenvalue weighted by molar-refractivity contribution is 7.20. The Morgan fingerprint density at radius 1 is 1.40 bits per heavy atom. The van der Waals surface area contributed by atoms with Gasteiger partial charge < -0.3 is 10.6 Å². The van der Waals surface area contributed by atoms with E-state index in [-0.39, 0.29) is 11.9 Å². The van der Waals surface area contributed by atoms with Crippen molar-refractivity contribution in [3.8, 4) is 0 Å². The van der Waals surface area contributed by atoms with Gasteiger partial charge in [0.2, 0.25) is 0 Å². The zero-order chi connectivity index (χ0) is 17.4. The summed E-state index contributed by atoms with van der Waals surface area (Å²) in [5, 5.41) is 9.55. The Kier molecular flexibility index (Phi) is 4.43. The minimum absolute atomic E-state index is 0.00431. The Hall–Kier alpha value is -1.99. The topological polar surface area (TPSA) is 66.9 Å². The molecule has 25 heavy (non-hydrogen) atoms. The van der Waals surface area contributed by atoms with Crippen molar-refractivity contribution in [1.82, 2.24) is 15.3 Å². The number of carbonyl (C=O) groups excluding carboxylic acids is 1. The number of rotatable bonds is 6. The third-order valence-corrected chi connectivity index (χ3v) is 6.76. The summed E-state index contributed by atoms with van der Waals surface area (Å²) in [4.78, 5) is 24.2. The van der Waals surface area contributed by atoms with Crippen molar-refractivity contribution >= 4 is 44.6 Å². The van der Waals surface area contributed by atoms with Gasteiger partial charge in [-0.05, 0) is 49.6 Å². The first-order chi connectivity index (χ1) is 12.1. The summed E-state index contributed by atoms with van der Waals surface area (Å²) in [5.74, 6) is 1.47. The van der Waals surface area contributed by atoms with Crippen LogP contribution >= 0.6 is 22.7 Å². The van der Waals surface area contributed by atoms with Gasteiger partial charge in [-0.2, -0.15) is 0 Å². The van der Waals surface area contributed by atoms with Gasteiger partial charge in [0.05, 0.1) is 16.3 Å². The van der Waals surface area contributed by atoms with E-state index in [0.717, 1.165) is 33.0 Å². The van der Waals surface area contributed by atoms with Crippen LogP contribution in [0.1, 0.15) is 45.9 Å². The van der Waals surface area contributed by atoms with E-state index in [1.165, 1.54) is 29.1 Å². The number of nitrogens with zero attached hydrogens (tertiary/aromatic N) is 2. The summed E-state index contributed by atoms with van der Waals surface area (Å²) in [6.45, 7) is 4.87. The van der Waals surface area contributed by atoms with Crippen molar-refractivity contribution in [2.24, 2.45) is 5.92 Å². The van der Waals surface area contributed by atoms with Crippen LogP contribution in [-0.4, -0.2) is 22.4 Å². The summed E-state index contributed by atoms with van der Waals surface area (Å²) in [6.07, 6.45) is 4.02. The smallest absolute Gasteiger partial charge is 0.261 e. The third kappa shape index (κ3) is 3.39. The number of fused-ring (bicyclic) bond motifs is 1. The first-order valence-electron chi connectivity index (χ1n) is 8.45. The number of aromatic nitrogens is 2. The second-order valence-electron chi connectivity index (χ2n) is 6.49. The molecule has 7 heteroatoms. The molecule has 0 bridgehead atoms. The summed E-state index contributed by atoms with van der Waals surface area (Å²) in [6, 6.07) is 4.31. The molecule has 0 spiro atoms. The summed E-state index contributed by atoms with van der Waals surface area (Å²) >= 11 is 3.16. The average Bonchev–Trinajstić information content (AvgIpc) is 3.14. The highest BCUT2D eigenvalue weighted by Gasteiger charge is 2.24. The van der Waals surface area contributed by atoms with E-state index in [1.807, 2.05) is 13.0 Å². The van der Waals surface area contributed by atoms with Crippen molar-refractivity contribution in [3.63, 3.8) is 0 Å². The number of amides is 1. The SMILES string of the molecule is Cc1c(C(=O)NCC2CC2)sc2ncnc(NC(C)c3cccs3)c12. The molecule has 1 amide bonds. The Morgan fingerprint density at radius 3 is 2.96 bits per heavy atom. The molecule has 4 rings (SSSR count). The maximum atomic E-state index is 12.5. The van der Waals surface area contributed by atoms with Crippen LogP contribution in [0.5, 0.6) is 0 Å². The number of hydrogen-bond donors (Lipinski definition) is 2. The van der Waals surface area contributed by atoms with Gasteiger partial charge in [0.1, 0.15) is 17.0 Å². The highest BCUT2D eigenvalue weighted by atomic mass is 32.1. The maximum Gasteiger partial charge on any atom is 0.261 e. The van der Waals surface area contributed by atoms with E-state index < -0.39 is 0 Å². The fourth-order valence-electron chi connectivity index (χ4n) is 2.85. The normalized spacial score (nSPS) is 15.3. The van der Waals surface area contributed by atoms with Crippen LogP contribution in [0.3, 0.4) is 0 Å². The fraction of sp³-hybridized carbons (Fsp3) is 0.389. The lowest BCUT2D eigenvalue weighted by Crippen LogP contribution is -2.25. The zero-order valence-corrected chi connectivity index (χ0v) is 15.8. The van der Waals surface area contributed by atoms with E-state index in [2.05, 4.69) is 39.0 Å². The molecule has 0 radical (unpaired) electrons. The molecule has 1 unspecified atom stereocenters. The van der Waals surface area contributed by atoms with Crippen molar-refractivity contribution in [1.29, 1.82) is 0 Å². The summed E-state index contributed by atoms with van der Waals surface area (Å²) in [7, 11) is 0. The van der Waals surface area contributed by atoms with E-state index in [0.29, 0.717) is 5.92 Å². The van der Waals surface area contributed by atoms with Crippen LogP contribution in [0.2, 0.25) is 0 Å². The number of nitrogens with one attached hydrogen (secondary N) is 2. The third-order valence-electron chi connectivity index (χ3n) is 4.50. The second-order valence-corrected chi connectivity index (χ2v) is 8.47. The van der Waals surface area contributed by atoms with Gasteiger partial charge in [-0.1, -0.05) is 6.07 Å². The van der Waals surface area contributed by atoms with Crippen LogP contribution in [0.4, 0.5) is 5.82 Å². The molecule has 1 saturated carbocycles. The number of hydrogen-bond acceptors (Lipinski definition) is 6. The quantitative estimate of drug-likeness (QED) is 0.674. The lowest BCUT2D eigenvalue weighted by atomic mass is 10.2. The van der Waals surface area contributed by atoms with Crippen LogP contribution in [0.25, 0.3) is 10.2 Å². The fourth-order valence-corrected chi connectivity index (χ4v) is 4.65. The Morgan fingerprint density at radius 2 is 2.24 bits per heavy atom. The van der Waals surface area contributed by atoms with Gasteiger partial charge in [-0.25, -0.2) is 9.97 Å². The first kappa shape index (κ1) is 16.5. The molecule has 1 fully saturated rings. The Bertz CT molecular complexity index is 899. The van der Waals surface area contributed by atoms with Gasteiger partial charge in [0.15, 0.2) is 0 Å². The zero-order valence-electron chi connectivity index (χ0n) is 14.2. The van der Waals surface area contributed by atoms with Crippen LogP contribution in [-0.2, 0) is 0 Å². The number of anilines is 1. The lowest BCUT2D eigenvalue weighted by molar-refractivity contribution is 0.0955. The van der Waals surface area contributed by atoms with Gasteiger partial charge in [0, 0.05) is 11.4 Å². The molecule has 3 aromatic heterocycles. The monoisotopic (exact) mass is 372 g/mol. The van der Waals surface area contributed by atoms with Crippen molar-refractivity contribution in [2.45, 2.75) is 32.7 Å². The molecule has 0 aromatic carbocycles. The molecule has 5 nitrogen and oxygen atoms in total. The predicted molar refractivity (Wildman–Crippen MR) is 104 cm³/mol. The highest BCUT2D eigenvalue weighted by Crippen LogP contribution is 2.35. The molecule has 1 atom stereocenters. The van der Waals surface area contributed by atoms with Crippen molar-refractivity contribution in [2.75, 3.05) is 11.9 Å². The molecule has 2 N–H and O–H groups in total. The van der Waals surface area contributed by atoms with Gasteiger partial charge in [-0.15, -0.1) is 22.7 Å². The van der Waals surface area contributed by atoms with Gasteiger partial charge >= 0.3 is 0 Å². The minimum atomic E-state index is 0.00431. The number of thiophene rings is 2. The van der Waals surface area contributed by atoms with E-state index in [1.54, 1.807) is 17.7 Å². The molecule has 1 aliphatic rings. The molecule has 0 saturated heterocycles. The van der Waals surface area contributed by atoms with Crippen LogP contribution < -0.4 is 10.6 Å². The van der Waals surface area contributed by atoms with Gasteiger partial charge in [-0.3, -0.25) is 4.79 Å². The number of carbonyl (C=O) groups is 1. The standard InChI is InChI=1S/C18H20N4OS2/c1-10-14-16(22-11(2)13-4-3-7-24-13)20-9-21-18(14)25-15(10)17(23)19-8-12-5-6-12/h3-4,7,9,11-12H,5-6,8H2,1-2H3,(H,19,23)(H,20,21,22). The number of aryl methyl sites for hydroxylation is 1. The summed E-state index contributed by atoms with van der Waals surface area (Å²) < 4.78 is 0. The molecule has 3 heterocycles. The largest absolute Gasteiger partial charge is 0.362 e. The maximum absolute atomic E-state index is 12.5. The second kappa shape index (κ2) is 6.72. The van der Waals surface area contributed by atoms with E-state index in [9.17, 15) is 4.79 Å². The Balaban J connectivity index is 1.62. The van der Waals surface area contributed by atoms with E-state index in [4.69, 9.17) is 0 Å². The minimum Gasteiger partial charge on any atom is -0.362 e. The first-order valence-corrected chi connectivity index (χ1v) is 10.2. The summed E-state index contributed by atoms with van der Waals surface area (Å²) in [5.41, 5.74) is 0.953. The molecule has 3 aromatic rings. The van der Waals surface area contributed by atoms with Crippen molar-refractivity contribution < 1.29 is 4.79 Å². The van der Waals surface area contributed by atoms with Crippen molar-refractivity contribution in [3.05, 3.63) is 39.2 Å².